The minimum absolute atomic E-state index is 0.181. The van der Waals surface area contributed by atoms with E-state index in [1.165, 1.54) is 12.8 Å². The Morgan fingerprint density at radius 3 is 2.69 bits per heavy atom. The molecule has 70 valence electrons. The molecule has 4 heteroatoms. The van der Waals surface area contributed by atoms with E-state index in [9.17, 15) is 0 Å². The van der Waals surface area contributed by atoms with Crippen LogP contribution in [0.4, 0.5) is 0 Å². The molecule has 0 atom stereocenters. The summed E-state index contributed by atoms with van der Waals surface area (Å²) in [4.78, 5) is 8.26. The highest BCUT2D eigenvalue weighted by molar-refractivity contribution is 14.1. The van der Waals surface area contributed by atoms with Crippen LogP contribution < -0.4 is 5.73 Å². The minimum atomic E-state index is -0.181. The highest BCUT2D eigenvalue weighted by atomic mass is 127. The number of nitrogens with zero attached hydrogens (tertiary/aromatic N) is 2. The van der Waals surface area contributed by atoms with Gasteiger partial charge in [-0.05, 0) is 35.4 Å². The van der Waals surface area contributed by atoms with Gasteiger partial charge in [0.15, 0.2) is 0 Å². The molecule has 1 aromatic heterocycles. The Morgan fingerprint density at radius 2 is 2.08 bits per heavy atom. The number of hydrogen-bond donors (Lipinski definition) is 1. The lowest BCUT2D eigenvalue weighted by Gasteiger charge is -2.23. The van der Waals surface area contributed by atoms with Gasteiger partial charge in [0.1, 0.15) is 6.33 Å². The maximum absolute atomic E-state index is 6.29. The maximum Gasteiger partial charge on any atom is 0.115 e. The number of halogens is 1. The quantitative estimate of drug-likeness (QED) is 0.802. The summed E-state index contributed by atoms with van der Waals surface area (Å²) in [6, 6.07) is 0. The molecule has 0 bridgehead atoms. The van der Waals surface area contributed by atoms with Crippen LogP contribution in [-0.2, 0) is 5.54 Å². The number of nitrogens with two attached hydrogens (primary N) is 1. The van der Waals surface area contributed by atoms with Gasteiger partial charge in [0.05, 0.1) is 14.8 Å². The number of rotatable bonds is 1. The molecule has 1 heterocycles. The fourth-order valence-electron chi connectivity index (χ4n) is 1.92. The van der Waals surface area contributed by atoms with Crippen LogP contribution in [0.25, 0.3) is 0 Å². The van der Waals surface area contributed by atoms with Crippen LogP contribution in [0, 0.1) is 3.57 Å². The van der Waals surface area contributed by atoms with Crippen molar-refractivity contribution in [2.45, 2.75) is 31.2 Å². The standard InChI is InChI=1S/C9H12IN3/c10-7-5-12-6-13-8(7)9(11)3-1-2-4-9/h5-6H,1-4,11H2. The van der Waals surface area contributed by atoms with Crippen molar-refractivity contribution in [3.05, 3.63) is 21.8 Å². The van der Waals surface area contributed by atoms with E-state index in [1.54, 1.807) is 6.33 Å². The van der Waals surface area contributed by atoms with Crippen LogP contribution in [0.2, 0.25) is 0 Å². The second-order valence-corrected chi connectivity index (χ2v) is 4.74. The van der Waals surface area contributed by atoms with Crippen molar-refractivity contribution in [3.8, 4) is 0 Å². The number of hydrogen-bond acceptors (Lipinski definition) is 3. The van der Waals surface area contributed by atoms with Gasteiger partial charge in [-0.1, -0.05) is 12.8 Å². The summed E-state index contributed by atoms with van der Waals surface area (Å²) in [5.41, 5.74) is 7.13. The van der Waals surface area contributed by atoms with E-state index in [0.717, 1.165) is 22.1 Å². The first-order valence-corrected chi connectivity index (χ1v) is 5.55. The fourth-order valence-corrected chi connectivity index (χ4v) is 2.76. The second kappa shape index (κ2) is 3.49. The van der Waals surface area contributed by atoms with Gasteiger partial charge in [0.25, 0.3) is 0 Å². The molecule has 3 nitrogen and oxygen atoms in total. The number of aromatic nitrogens is 2. The van der Waals surface area contributed by atoms with Gasteiger partial charge in [-0.2, -0.15) is 0 Å². The predicted molar refractivity (Wildman–Crippen MR) is 59.1 cm³/mol. The van der Waals surface area contributed by atoms with Gasteiger partial charge < -0.3 is 5.73 Å². The Labute approximate surface area is 91.3 Å². The molecule has 0 aliphatic heterocycles. The molecule has 0 radical (unpaired) electrons. The fraction of sp³-hybridized carbons (Fsp3) is 0.556. The van der Waals surface area contributed by atoms with Crippen LogP contribution in [-0.4, -0.2) is 9.97 Å². The highest BCUT2D eigenvalue weighted by Crippen LogP contribution is 2.36. The average Bonchev–Trinajstić information content (AvgIpc) is 2.54. The average molecular weight is 289 g/mol. The van der Waals surface area contributed by atoms with Crippen molar-refractivity contribution in [2.75, 3.05) is 0 Å². The molecule has 1 aliphatic rings. The molecule has 1 aliphatic carbocycles. The summed E-state index contributed by atoms with van der Waals surface area (Å²) in [5, 5.41) is 0. The van der Waals surface area contributed by atoms with E-state index >= 15 is 0 Å². The molecule has 1 saturated carbocycles. The van der Waals surface area contributed by atoms with E-state index in [-0.39, 0.29) is 5.54 Å². The van der Waals surface area contributed by atoms with Gasteiger partial charge >= 0.3 is 0 Å². The summed E-state index contributed by atoms with van der Waals surface area (Å²) < 4.78 is 1.09. The smallest absolute Gasteiger partial charge is 0.115 e. The second-order valence-electron chi connectivity index (χ2n) is 3.58. The van der Waals surface area contributed by atoms with Crippen molar-refractivity contribution in [1.82, 2.24) is 9.97 Å². The molecule has 13 heavy (non-hydrogen) atoms. The first kappa shape index (κ1) is 9.33. The molecule has 0 amide bonds. The predicted octanol–water partition coefficient (Wildman–Crippen LogP) is 1.81. The maximum atomic E-state index is 6.29. The van der Waals surface area contributed by atoms with Crippen molar-refractivity contribution in [3.63, 3.8) is 0 Å². The van der Waals surface area contributed by atoms with E-state index in [2.05, 4.69) is 32.6 Å². The highest BCUT2D eigenvalue weighted by Gasteiger charge is 2.34. The first-order valence-electron chi connectivity index (χ1n) is 4.47. The van der Waals surface area contributed by atoms with E-state index in [0.29, 0.717) is 0 Å². The van der Waals surface area contributed by atoms with Gasteiger partial charge in [-0.25, -0.2) is 9.97 Å². The summed E-state index contributed by atoms with van der Waals surface area (Å²) in [5.74, 6) is 0. The van der Waals surface area contributed by atoms with Crippen LogP contribution >= 0.6 is 22.6 Å². The third-order valence-corrected chi connectivity index (χ3v) is 3.42. The van der Waals surface area contributed by atoms with Crippen molar-refractivity contribution in [2.24, 2.45) is 5.73 Å². The lowest BCUT2D eigenvalue weighted by molar-refractivity contribution is 0.443. The Kier molecular flexibility index (Phi) is 2.51. The Hall–Kier alpha value is -0.230. The third kappa shape index (κ3) is 1.69. The van der Waals surface area contributed by atoms with Crippen LogP contribution in [0.1, 0.15) is 31.4 Å². The largest absolute Gasteiger partial charge is 0.320 e. The molecule has 1 fully saturated rings. The van der Waals surface area contributed by atoms with Crippen molar-refractivity contribution < 1.29 is 0 Å². The Bertz CT molecular complexity index is 307. The Balaban J connectivity index is 2.39. The van der Waals surface area contributed by atoms with E-state index < -0.39 is 0 Å². The molecule has 2 rings (SSSR count). The normalized spacial score (nSPS) is 20.5. The molecule has 0 unspecified atom stereocenters. The SMILES string of the molecule is NC1(c2ncncc2I)CCCC1. The van der Waals surface area contributed by atoms with Crippen molar-refractivity contribution >= 4 is 22.6 Å². The minimum Gasteiger partial charge on any atom is -0.320 e. The third-order valence-electron chi connectivity index (χ3n) is 2.63. The molecule has 0 spiro atoms. The monoisotopic (exact) mass is 289 g/mol. The molecular formula is C9H12IN3. The van der Waals surface area contributed by atoms with Crippen LogP contribution in [0.5, 0.6) is 0 Å². The van der Waals surface area contributed by atoms with Crippen LogP contribution in [0.3, 0.4) is 0 Å². The van der Waals surface area contributed by atoms with Gasteiger partial charge in [0, 0.05) is 6.20 Å². The molecule has 0 saturated heterocycles. The first-order chi connectivity index (χ1) is 6.22. The summed E-state index contributed by atoms with van der Waals surface area (Å²) in [6.45, 7) is 0. The van der Waals surface area contributed by atoms with E-state index in [4.69, 9.17) is 5.73 Å². The van der Waals surface area contributed by atoms with Crippen molar-refractivity contribution in [1.29, 1.82) is 0 Å². The van der Waals surface area contributed by atoms with Crippen LogP contribution in [0.15, 0.2) is 12.5 Å². The summed E-state index contributed by atoms with van der Waals surface area (Å²) >= 11 is 2.26. The zero-order valence-electron chi connectivity index (χ0n) is 7.33. The lowest BCUT2D eigenvalue weighted by Crippen LogP contribution is -2.35. The zero-order valence-corrected chi connectivity index (χ0v) is 9.49. The summed E-state index contributed by atoms with van der Waals surface area (Å²) in [7, 11) is 0. The van der Waals surface area contributed by atoms with E-state index in [1.807, 2.05) is 6.20 Å². The molecule has 1 aromatic rings. The molecular weight excluding hydrogens is 277 g/mol. The topological polar surface area (TPSA) is 51.8 Å². The summed E-state index contributed by atoms with van der Waals surface area (Å²) in [6.07, 6.45) is 7.97. The van der Waals surface area contributed by atoms with Gasteiger partial charge in [0.2, 0.25) is 0 Å². The van der Waals surface area contributed by atoms with Gasteiger partial charge in [-0.3, -0.25) is 0 Å². The molecule has 0 aromatic carbocycles. The van der Waals surface area contributed by atoms with Gasteiger partial charge in [-0.15, -0.1) is 0 Å². The zero-order chi connectivity index (χ0) is 9.31. The molecule has 2 N–H and O–H groups in total. The Morgan fingerprint density at radius 1 is 1.38 bits per heavy atom. The lowest BCUT2D eigenvalue weighted by atomic mass is 9.95.